The molecule has 0 bridgehead atoms. The Bertz CT molecular complexity index is 639. The molecule has 1 fully saturated rings. The van der Waals surface area contributed by atoms with Crippen LogP contribution in [0.15, 0.2) is 24.3 Å². The number of rotatable bonds is 17. The molecule has 1 saturated carbocycles. The summed E-state index contributed by atoms with van der Waals surface area (Å²) in [5.74, 6) is -0.910. The second kappa shape index (κ2) is 17.4. The Morgan fingerprint density at radius 2 is 1.61 bits per heavy atom. The lowest BCUT2D eigenvalue weighted by atomic mass is 9.87. The molecule has 6 heteroatoms. The van der Waals surface area contributed by atoms with E-state index in [1.54, 1.807) is 0 Å². The molecule has 4 atom stereocenters. The lowest BCUT2D eigenvalue weighted by molar-refractivity contribution is -0.150. The fourth-order valence-corrected chi connectivity index (χ4v) is 4.67. The van der Waals surface area contributed by atoms with Gasteiger partial charge in [-0.05, 0) is 50.5 Å². The summed E-state index contributed by atoms with van der Waals surface area (Å²) in [7, 11) is 0. The van der Waals surface area contributed by atoms with Gasteiger partial charge in [0, 0.05) is 26.2 Å². The molecule has 0 aromatic carbocycles. The number of aliphatic carboxylic acids is 1. The molecule has 1 aliphatic rings. The van der Waals surface area contributed by atoms with Crippen molar-refractivity contribution in [3.05, 3.63) is 24.3 Å². The molecule has 0 amide bonds. The normalized spacial score (nSPS) is 20.2. The van der Waals surface area contributed by atoms with E-state index in [1.807, 2.05) is 18.2 Å². The van der Waals surface area contributed by atoms with Crippen molar-refractivity contribution < 1.29 is 29.0 Å². The van der Waals surface area contributed by atoms with Crippen molar-refractivity contribution in [1.82, 2.24) is 0 Å². The van der Waals surface area contributed by atoms with Gasteiger partial charge >= 0.3 is 17.9 Å². The zero-order chi connectivity index (χ0) is 24.5. The summed E-state index contributed by atoms with van der Waals surface area (Å²) in [5.41, 5.74) is 0. The SMILES string of the molecule is CCCCCCCCC(/C=C/C=C/[C@H]1CCC[C@H]1C(CCCC(=O)O)OC(C)=O)OC(C)=O. The van der Waals surface area contributed by atoms with E-state index in [1.165, 1.54) is 39.5 Å². The number of hydrogen-bond acceptors (Lipinski definition) is 5. The lowest BCUT2D eigenvalue weighted by Crippen LogP contribution is -2.28. The van der Waals surface area contributed by atoms with Gasteiger partial charge in [0.05, 0.1) is 0 Å². The summed E-state index contributed by atoms with van der Waals surface area (Å²) in [6.45, 7) is 5.06. The highest BCUT2D eigenvalue weighted by atomic mass is 16.5. The van der Waals surface area contributed by atoms with Crippen LogP contribution in [0.2, 0.25) is 0 Å². The van der Waals surface area contributed by atoms with Crippen molar-refractivity contribution >= 4 is 17.9 Å². The van der Waals surface area contributed by atoms with E-state index in [4.69, 9.17) is 14.6 Å². The van der Waals surface area contributed by atoms with Crippen LogP contribution in [0.1, 0.15) is 104 Å². The highest BCUT2D eigenvalue weighted by molar-refractivity contribution is 5.67. The van der Waals surface area contributed by atoms with Gasteiger partial charge in [0.25, 0.3) is 0 Å². The molecular formula is C27H44O6. The van der Waals surface area contributed by atoms with E-state index in [0.717, 1.165) is 38.5 Å². The molecule has 1 rings (SSSR count). The van der Waals surface area contributed by atoms with Crippen LogP contribution in [0, 0.1) is 11.8 Å². The second-order valence-electron chi connectivity index (χ2n) is 9.17. The Morgan fingerprint density at radius 3 is 2.27 bits per heavy atom. The number of esters is 2. The molecule has 0 aliphatic heterocycles. The molecule has 0 heterocycles. The van der Waals surface area contributed by atoms with Gasteiger partial charge in [-0.2, -0.15) is 0 Å². The van der Waals surface area contributed by atoms with Crippen LogP contribution >= 0.6 is 0 Å². The van der Waals surface area contributed by atoms with Crippen molar-refractivity contribution in [3.8, 4) is 0 Å². The summed E-state index contributed by atoms with van der Waals surface area (Å²) in [6, 6.07) is 0. The Labute approximate surface area is 199 Å². The number of ether oxygens (including phenoxy) is 2. The minimum atomic E-state index is -0.826. The average molecular weight is 465 g/mol. The summed E-state index contributed by atoms with van der Waals surface area (Å²) in [6.07, 6.45) is 19.9. The predicted octanol–water partition coefficient (Wildman–Crippen LogP) is 6.38. The fraction of sp³-hybridized carbons (Fsp3) is 0.741. The lowest BCUT2D eigenvalue weighted by Gasteiger charge is -2.27. The van der Waals surface area contributed by atoms with Gasteiger partial charge in [-0.3, -0.25) is 14.4 Å². The monoisotopic (exact) mass is 464 g/mol. The second-order valence-corrected chi connectivity index (χ2v) is 9.17. The standard InChI is InChI=1S/C27H44O6/c1-4-5-6-7-8-9-16-24(32-21(2)28)17-11-10-14-23-15-12-18-25(23)26(33-22(3)29)19-13-20-27(30)31/h10-11,14,17,23-26H,4-9,12-13,15-16,18-20H2,1-3H3,(H,30,31)/b14-10+,17-11+/t23-,24?,25+,26?/m0/s1. The van der Waals surface area contributed by atoms with Crippen LogP contribution in [0.3, 0.4) is 0 Å². The number of allylic oxidation sites excluding steroid dienone is 3. The van der Waals surface area contributed by atoms with E-state index in [2.05, 4.69) is 13.0 Å². The van der Waals surface area contributed by atoms with Crippen molar-refractivity contribution in [1.29, 1.82) is 0 Å². The van der Waals surface area contributed by atoms with Crippen LogP contribution in [-0.4, -0.2) is 35.2 Å². The largest absolute Gasteiger partial charge is 0.481 e. The molecule has 0 spiro atoms. The maximum atomic E-state index is 11.6. The summed E-state index contributed by atoms with van der Waals surface area (Å²) in [5, 5.41) is 8.91. The van der Waals surface area contributed by atoms with Crippen molar-refractivity contribution in [2.45, 2.75) is 116 Å². The minimum Gasteiger partial charge on any atom is -0.481 e. The van der Waals surface area contributed by atoms with E-state index in [0.29, 0.717) is 12.8 Å². The molecule has 1 aliphatic carbocycles. The quantitative estimate of drug-likeness (QED) is 0.152. The van der Waals surface area contributed by atoms with Gasteiger partial charge < -0.3 is 14.6 Å². The number of carboxylic acids is 1. The maximum absolute atomic E-state index is 11.6. The summed E-state index contributed by atoms with van der Waals surface area (Å²) in [4.78, 5) is 33.9. The van der Waals surface area contributed by atoms with Crippen LogP contribution < -0.4 is 0 Å². The third-order valence-electron chi connectivity index (χ3n) is 6.25. The zero-order valence-electron chi connectivity index (χ0n) is 20.8. The highest BCUT2D eigenvalue weighted by Crippen LogP contribution is 2.38. The van der Waals surface area contributed by atoms with Crippen LogP contribution in [0.5, 0.6) is 0 Å². The van der Waals surface area contributed by atoms with Crippen molar-refractivity contribution in [3.63, 3.8) is 0 Å². The van der Waals surface area contributed by atoms with Gasteiger partial charge in [0.15, 0.2) is 0 Å². The first-order valence-electron chi connectivity index (χ1n) is 12.7. The molecular weight excluding hydrogens is 420 g/mol. The minimum absolute atomic E-state index is 0.0872. The Hall–Kier alpha value is -2.11. The summed E-state index contributed by atoms with van der Waals surface area (Å²) >= 11 is 0. The topological polar surface area (TPSA) is 89.9 Å². The van der Waals surface area contributed by atoms with Gasteiger partial charge in [-0.15, -0.1) is 0 Å². The van der Waals surface area contributed by atoms with E-state index in [-0.39, 0.29) is 42.4 Å². The molecule has 0 radical (unpaired) electrons. The molecule has 6 nitrogen and oxygen atoms in total. The first-order chi connectivity index (χ1) is 15.8. The maximum Gasteiger partial charge on any atom is 0.303 e. The van der Waals surface area contributed by atoms with E-state index >= 15 is 0 Å². The van der Waals surface area contributed by atoms with E-state index in [9.17, 15) is 14.4 Å². The van der Waals surface area contributed by atoms with Crippen molar-refractivity contribution in [2.75, 3.05) is 0 Å². The number of unbranched alkanes of at least 4 members (excludes halogenated alkanes) is 5. The molecule has 0 aromatic heterocycles. The third kappa shape index (κ3) is 13.9. The number of carbonyl (C=O) groups excluding carboxylic acids is 2. The summed E-state index contributed by atoms with van der Waals surface area (Å²) < 4.78 is 11.0. The molecule has 0 saturated heterocycles. The fourth-order valence-electron chi connectivity index (χ4n) is 4.67. The van der Waals surface area contributed by atoms with Crippen LogP contribution in [-0.2, 0) is 23.9 Å². The molecule has 0 aromatic rings. The van der Waals surface area contributed by atoms with Gasteiger partial charge in [0.2, 0.25) is 0 Å². The van der Waals surface area contributed by atoms with Gasteiger partial charge in [0.1, 0.15) is 12.2 Å². The van der Waals surface area contributed by atoms with Crippen LogP contribution in [0.4, 0.5) is 0 Å². The molecule has 1 N–H and O–H groups in total. The highest BCUT2D eigenvalue weighted by Gasteiger charge is 2.33. The number of carbonyl (C=O) groups is 3. The molecule has 188 valence electrons. The molecule has 33 heavy (non-hydrogen) atoms. The Kier molecular flexibility index (Phi) is 15.2. The molecule has 2 unspecified atom stereocenters. The first-order valence-corrected chi connectivity index (χ1v) is 12.7. The average Bonchev–Trinajstić information content (AvgIpc) is 3.20. The van der Waals surface area contributed by atoms with E-state index < -0.39 is 5.97 Å². The number of carboxylic acid groups (broad SMARTS) is 1. The Balaban J connectivity index is 2.62. The Morgan fingerprint density at radius 1 is 0.909 bits per heavy atom. The van der Waals surface area contributed by atoms with Crippen LogP contribution in [0.25, 0.3) is 0 Å². The zero-order valence-corrected chi connectivity index (χ0v) is 20.8. The van der Waals surface area contributed by atoms with Crippen molar-refractivity contribution in [2.24, 2.45) is 11.8 Å². The predicted molar refractivity (Wildman–Crippen MR) is 130 cm³/mol. The third-order valence-corrected chi connectivity index (χ3v) is 6.25. The number of hydrogen-bond donors (Lipinski definition) is 1. The smallest absolute Gasteiger partial charge is 0.303 e. The first kappa shape index (κ1) is 28.9. The van der Waals surface area contributed by atoms with Gasteiger partial charge in [-0.25, -0.2) is 0 Å². The van der Waals surface area contributed by atoms with Gasteiger partial charge in [-0.1, -0.05) is 63.7 Å².